The Morgan fingerprint density at radius 1 is 1.29 bits per heavy atom. The van der Waals surface area contributed by atoms with Crippen LogP contribution in [0.4, 0.5) is 10.1 Å². The van der Waals surface area contributed by atoms with Crippen LogP contribution in [-0.2, 0) is 0 Å². The molecule has 17 heavy (non-hydrogen) atoms. The number of pyridine rings is 1. The minimum absolute atomic E-state index is 0.0636. The van der Waals surface area contributed by atoms with Crippen LogP contribution in [0.15, 0.2) is 42.6 Å². The average Bonchev–Trinajstić information content (AvgIpc) is 2.29. The molecule has 0 atom stereocenters. The highest BCUT2D eigenvalue weighted by atomic mass is 127. The highest BCUT2D eigenvalue weighted by Gasteiger charge is 2.11. The van der Waals surface area contributed by atoms with E-state index >= 15 is 0 Å². The summed E-state index contributed by atoms with van der Waals surface area (Å²) in [6.45, 7) is 0. The van der Waals surface area contributed by atoms with E-state index in [0.29, 0.717) is 5.69 Å². The first-order valence-corrected chi connectivity index (χ1v) is 5.92. The molecule has 0 spiro atoms. The van der Waals surface area contributed by atoms with Crippen molar-refractivity contribution in [3.8, 4) is 0 Å². The zero-order chi connectivity index (χ0) is 12.3. The number of amides is 1. The predicted octanol–water partition coefficient (Wildman–Crippen LogP) is 3.08. The minimum atomic E-state index is -0.768. The van der Waals surface area contributed by atoms with Crippen molar-refractivity contribution in [2.75, 3.05) is 5.32 Å². The minimum Gasteiger partial charge on any atom is -0.322 e. The molecule has 3 nitrogen and oxygen atoms in total. The van der Waals surface area contributed by atoms with Gasteiger partial charge in [0, 0.05) is 15.5 Å². The van der Waals surface area contributed by atoms with Gasteiger partial charge < -0.3 is 5.32 Å². The Morgan fingerprint density at radius 3 is 2.82 bits per heavy atom. The highest BCUT2D eigenvalue weighted by molar-refractivity contribution is 14.1. The summed E-state index contributed by atoms with van der Waals surface area (Å²) in [7, 11) is 0. The number of halogens is 2. The van der Waals surface area contributed by atoms with Crippen molar-refractivity contribution in [2.24, 2.45) is 0 Å². The smallest absolute Gasteiger partial charge is 0.260 e. The molecule has 0 aliphatic heterocycles. The van der Waals surface area contributed by atoms with Gasteiger partial charge in [-0.1, -0.05) is 6.07 Å². The molecule has 0 saturated carbocycles. The molecule has 1 N–H and O–H groups in total. The Kier molecular flexibility index (Phi) is 3.68. The summed E-state index contributed by atoms with van der Waals surface area (Å²) < 4.78 is 14.2. The fraction of sp³-hybridized carbons (Fsp3) is 0. The summed E-state index contributed by atoms with van der Waals surface area (Å²) >= 11 is 2.14. The number of nitrogens with one attached hydrogen (secondary N) is 1. The molecule has 0 fully saturated rings. The highest BCUT2D eigenvalue weighted by Crippen LogP contribution is 2.14. The van der Waals surface area contributed by atoms with E-state index in [0.717, 1.165) is 3.57 Å². The Bertz CT molecular complexity index is 560. The fourth-order valence-electron chi connectivity index (χ4n) is 1.32. The topological polar surface area (TPSA) is 42.0 Å². The number of hydrogen-bond donors (Lipinski definition) is 1. The Hall–Kier alpha value is -1.50. The van der Waals surface area contributed by atoms with E-state index in [-0.39, 0.29) is 5.56 Å². The lowest BCUT2D eigenvalue weighted by molar-refractivity contribution is 0.102. The SMILES string of the molecule is O=C(Nc1cccc(I)c1)c1cccnc1F. The van der Waals surface area contributed by atoms with E-state index in [1.165, 1.54) is 18.3 Å². The van der Waals surface area contributed by atoms with Crippen molar-refractivity contribution >= 4 is 34.2 Å². The monoisotopic (exact) mass is 342 g/mol. The zero-order valence-electron chi connectivity index (χ0n) is 8.65. The van der Waals surface area contributed by atoms with Crippen LogP contribution in [0.1, 0.15) is 10.4 Å². The number of hydrogen-bond acceptors (Lipinski definition) is 2. The zero-order valence-corrected chi connectivity index (χ0v) is 10.8. The van der Waals surface area contributed by atoms with E-state index in [1.54, 1.807) is 12.1 Å². The van der Waals surface area contributed by atoms with Crippen LogP contribution in [0.25, 0.3) is 0 Å². The molecule has 1 heterocycles. The second-order valence-electron chi connectivity index (χ2n) is 3.31. The standard InChI is InChI=1S/C12H8FIN2O/c13-11-10(5-2-6-15-11)12(17)16-9-4-1-3-8(14)7-9/h1-7H,(H,16,17). The summed E-state index contributed by atoms with van der Waals surface area (Å²) in [4.78, 5) is 15.2. The van der Waals surface area contributed by atoms with E-state index in [1.807, 2.05) is 12.1 Å². The van der Waals surface area contributed by atoms with Crippen molar-refractivity contribution in [1.29, 1.82) is 0 Å². The first-order valence-electron chi connectivity index (χ1n) is 4.84. The van der Waals surface area contributed by atoms with Gasteiger partial charge in [-0.15, -0.1) is 0 Å². The molecule has 1 aromatic carbocycles. The second-order valence-corrected chi connectivity index (χ2v) is 4.55. The van der Waals surface area contributed by atoms with Crippen LogP contribution < -0.4 is 5.32 Å². The van der Waals surface area contributed by atoms with Gasteiger partial charge in [-0.2, -0.15) is 4.39 Å². The van der Waals surface area contributed by atoms with Crippen molar-refractivity contribution in [3.05, 3.63) is 57.7 Å². The molecule has 0 radical (unpaired) electrons. The number of nitrogens with zero attached hydrogens (tertiary/aromatic N) is 1. The van der Waals surface area contributed by atoms with Crippen LogP contribution in [0, 0.1) is 9.52 Å². The third kappa shape index (κ3) is 3.00. The van der Waals surface area contributed by atoms with Gasteiger partial charge >= 0.3 is 0 Å². The van der Waals surface area contributed by atoms with Gasteiger partial charge in [0.25, 0.3) is 5.91 Å². The van der Waals surface area contributed by atoms with Crippen LogP contribution in [0.5, 0.6) is 0 Å². The first-order chi connectivity index (χ1) is 8.16. The fourth-order valence-corrected chi connectivity index (χ4v) is 1.86. The van der Waals surface area contributed by atoms with Crippen molar-refractivity contribution in [2.45, 2.75) is 0 Å². The van der Waals surface area contributed by atoms with Gasteiger partial charge in [0.05, 0.1) is 5.56 Å². The van der Waals surface area contributed by atoms with Gasteiger partial charge in [0.1, 0.15) is 0 Å². The van der Waals surface area contributed by atoms with E-state index in [2.05, 4.69) is 32.9 Å². The molecule has 0 unspecified atom stereocenters. The van der Waals surface area contributed by atoms with Crippen LogP contribution >= 0.6 is 22.6 Å². The molecule has 0 aliphatic carbocycles. The largest absolute Gasteiger partial charge is 0.322 e. The number of carbonyl (C=O) groups is 1. The molecular formula is C12H8FIN2O. The second kappa shape index (κ2) is 5.22. The Balaban J connectivity index is 2.20. The Labute approximate surface area is 111 Å². The van der Waals surface area contributed by atoms with Crippen molar-refractivity contribution in [3.63, 3.8) is 0 Å². The lowest BCUT2D eigenvalue weighted by atomic mass is 10.2. The van der Waals surface area contributed by atoms with E-state index in [4.69, 9.17) is 0 Å². The number of rotatable bonds is 2. The summed E-state index contributed by atoms with van der Waals surface area (Å²) in [5.74, 6) is -1.27. The molecule has 0 bridgehead atoms. The summed E-state index contributed by atoms with van der Waals surface area (Å²) in [5.41, 5.74) is 0.566. The maximum Gasteiger partial charge on any atom is 0.260 e. The quantitative estimate of drug-likeness (QED) is 0.673. The van der Waals surface area contributed by atoms with Crippen LogP contribution in [0.3, 0.4) is 0 Å². The van der Waals surface area contributed by atoms with Gasteiger partial charge in [-0.3, -0.25) is 4.79 Å². The lowest BCUT2D eigenvalue weighted by Crippen LogP contribution is -2.14. The van der Waals surface area contributed by atoms with E-state index in [9.17, 15) is 9.18 Å². The molecule has 5 heteroatoms. The van der Waals surface area contributed by atoms with Gasteiger partial charge in [0.2, 0.25) is 5.95 Å². The van der Waals surface area contributed by atoms with Gasteiger partial charge in [-0.05, 0) is 52.9 Å². The normalized spacial score (nSPS) is 10.0. The maximum atomic E-state index is 13.2. The molecule has 2 aromatic rings. The van der Waals surface area contributed by atoms with Gasteiger partial charge in [-0.25, -0.2) is 4.98 Å². The van der Waals surface area contributed by atoms with Crippen molar-refractivity contribution < 1.29 is 9.18 Å². The van der Waals surface area contributed by atoms with Crippen LogP contribution in [0.2, 0.25) is 0 Å². The van der Waals surface area contributed by atoms with Crippen molar-refractivity contribution in [1.82, 2.24) is 4.98 Å². The molecular weight excluding hydrogens is 334 g/mol. The maximum absolute atomic E-state index is 13.2. The average molecular weight is 342 g/mol. The lowest BCUT2D eigenvalue weighted by Gasteiger charge is -2.05. The number of carbonyl (C=O) groups excluding carboxylic acids is 1. The summed E-state index contributed by atoms with van der Waals surface area (Å²) in [5, 5.41) is 2.62. The molecule has 86 valence electrons. The van der Waals surface area contributed by atoms with E-state index < -0.39 is 11.9 Å². The molecule has 1 aromatic heterocycles. The predicted molar refractivity (Wildman–Crippen MR) is 71.3 cm³/mol. The summed E-state index contributed by atoms with van der Waals surface area (Å²) in [6, 6.07) is 10.2. The molecule has 2 rings (SSSR count). The van der Waals surface area contributed by atoms with Crippen LogP contribution in [-0.4, -0.2) is 10.9 Å². The van der Waals surface area contributed by atoms with Gasteiger partial charge in [0.15, 0.2) is 0 Å². The molecule has 0 aliphatic rings. The molecule has 0 saturated heterocycles. The molecule has 1 amide bonds. The first kappa shape index (κ1) is 12.0. The number of anilines is 1. The Morgan fingerprint density at radius 2 is 2.12 bits per heavy atom. The number of aromatic nitrogens is 1. The third-order valence-electron chi connectivity index (χ3n) is 2.09. The third-order valence-corrected chi connectivity index (χ3v) is 2.76. The number of benzene rings is 1. The summed E-state index contributed by atoms with van der Waals surface area (Å²) in [6.07, 6.45) is 1.30.